The maximum atomic E-state index is 9.56. The first-order valence-electron chi connectivity index (χ1n) is 3.97. The van der Waals surface area contributed by atoms with Crippen LogP contribution in [0.25, 0.3) is 0 Å². The SMILES string of the molecule is CCn1cc(C(O)CSC)cn1. The van der Waals surface area contributed by atoms with Crippen LogP contribution in [0.5, 0.6) is 0 Å². The first-order valence-corrected chi connectivity index (χ1v) is 5.36. The van der Waals surface area contributed by atoms with Crippen molar-refractivity contribution in [2.24, 2.45) is 0 Å². The van der Waals surface area contributed by atoms with E-state index in [1.807, 2.05) is 24.1 Å². The summed E-state index contributed by atoms with van der Waals surface area (Å²) in [5, 5.41) is 13.6. The topological polar surface area (TPSA) is 38.0 Å². The van der Waals surface area contributed by atoms with E-state index in [-0.39, 0.29) is 6.10 Å². The monoisotopic (exact) mass is 186 g/mol. The van der Waals surface area contributed by atoms with E-state index in [2.05, 4.69) is 5.10 Å². The minimum atomic E-state index is -0.375. The molecule has 0 saturated heterocycles. The lowest BCUT2D eigenvalue weighted by Crippen LogP contribution is -1.98. The summed E-state index contributed by atoms with van der Waals surface area (Å²) < 4.78 is 1.82. The highest BCUT2D eigenvalue weighted by Gasteiger charge is 2.07. The molecule has 0 fully saturated rings. The van der Waals surface area contributed by atoms with E-state index < -0.39 is 0 Å². The van der Waals surface area contributed by atoms with Crippen LogP contribution in [0, 0.1) is 0 Å². The van der Waals surface area contributed by atoms with Crippen molar-refractivity contribution in [1.29, 1.82) is 0 Å². The Labute approximate surface area is 76.8 Å². The molecule has 1 atom stereocenters. The zero-order valence-corrected chi connectivity index (χ0v) is 8.21. The lowest BCUT2D eigenvalue weighted by atomic mass is 10.2. The molecule has 1 rings (SSSR count). The van der Waals surface area contributed by atoms with E-state index in [0.29, 0.717) is 0 Å². The van der Waals surface area contributed by atoms with Gasteiger partial charge < -0.3 is 5.11 Å². The molecule has 3 nitrogen and oxygen atoms in total. The van der Waals surface area contributed by atoms with Crippen LogP contribution in [-0.4, -0.2) is 26.9 Å². The first-order chi connectivity index (χ1) is 5.77. The van der Waals surface area contributed by atoms with Gasteiger partial charge in [-0.2, -0.15) is 16.9 Å². The van der Waals surface area contributed by atoms with Gasteiger partial charge in [0.1, 0.15) is 0 Å². The molecular formula is C8H14N2OS. The summed E-state index contributed by atoms with van der Waals surface area (Å²) in [5.41, 5.74) is 0.909. The number of nitrogens with zero attached hydrogens (tertiary/aromatic N) is 2. The van der Waals surface area contributed by atoms with Gasteiger partial charge in [-0.05, 0) is 13.2 Å². The van der Waals surface area contributed by atoms with E-state index in [4.69, 9.17) is 0 Å². The van der Waals surface area contributed by atoms with Crippen LogP contribution in [0.1, 0.15) is 18.6 Å². The minimum Gasteiger partial charge on any atom is -0.387 e. The highest BCUT2D eigenvalue weighted by molar-refractivity contribution is 7.98. The van der Waals surface area contributed by atoms with Gasteiger partial charge in [0.15, 0.2) is 0 Å². The molecule has 0 spiro atoms. The van der Waals surface area contributed by atoms with E-state index in [1.165, 1.54) is 0 Å². The first kappa shape index (κ1) is 9.61. The Morgan fingerprint density at radius 1 is 1.75 bits per heavy atom. The van der Waals surface area contributed by atoms with Gasteiger partial charge >= 0.3 is 0 Å². The Balaban J connectivity index is 2.61. The van der Waals surface area contributed by atoms with Gasteiger partial charge in [0.05, 0.1) is 12.3 Å². The number of rotatable bonds is 4. The molecule has 1 heterocycles. The largest absolute Gasteiger partial charge is 0.387 e. The molecule has 0 radical (unpaired) electrons. The standard InChI is InChI=1S/C8H14N2OS/c1-3-10-5-7(4-9-10)8(11)6-12-2/h4-5,8,11H,3,6H2,1-2H3. The van der Waals surface area contributed by atoms with Crippen molar-refractivity contribution >= 4 is 11.8 Å². The summed E-state index contributed by atoms with van der Waals surface area (Å²) in [6.07, 6.45) is 5.22. The van der Waals surface area contributed by atoms with Crippen LogP contribution in [0.2, 0.25) is 0 Å². The number of aryl methyl sites for hydroxylation is 1. The molecule has 1 aromatic rings. The third-order valence-corrected chi connectivity index (χ3v) is 2.34. The summed E-state index contributed by atoms with van der Waals surface area (Å²) >= 11 is 1.63. The van der Waals surface area contributed by atoms with Gasteiger partial charge in [0.25, 0.3) is 0 Å². The fourth-order valence-corrected chi connectivity index (χ4v) is 1.49. The quantitative estimate of drug-likeness (QED) is 0.770. The Morgan fingerprint density at radius 3 is 3.00 bits per heavy atom. The Hall–Kier alpha value is -0.480. The second-order valence-electron chi connectivity index (χ2n) is 2.60. The number of aromatic nitrogens is 2. The molecule has 0 amide bonds. The van der Waals surface area contributed by atoms with Crippen molar-refractivity contribution in [3.8, 4) is 0 Å². The predicted octanol–water partition coefficient (Wildman–Crippen LogP) is 1.30. The Morgan fingerprint density at radius 2 is 2.50 bits per heavy atom. The van der Waals surface area contributed by atoms with Crippen molar-refractivity contribution in [3.05, 3.63) is 18.0 Å². The molecule has 0 aliphatic rings. The molecule has 68 valence electrons. The van der Waals surface area contributed by atoms with Crippen molar-refractivity contribution in [2.45, 2.75) is 19.6 Å². The molecule has 0 saturated carbocycles. The molecule has 1 aromatic heterocycles. The molecule has 0 bridgehead atoms. The van der Waals surface area contributed by atoms with Crippen LogP contribution >= 0.6 is 11.8 Å². The predicted molar refractivity (Wildman–Crippen MR) is 51.2 cm³/mol. The van der Waals surface area contributed by atoms with Crippen LogP contribution in [-0.2, 0) is 6.54 Å². The molecule has 12 heavy (non-hydrogen) atoms. The number of aliphatic hydroxyl groups is 1. The molecule has 0 aliphatic carbocycles. The molecule has 4 heteroatoms. The molecule has 0 aliphatic heterocycles. The lowest BCUT2D eigenvalue weighted by molar-refractivity contribution is 0.204. The van der Waals surface area contributed by atoms with Crippen LogP contribution < -0.4 is 0 Å². The van der Waals surface area contributed by atoms with E-state index >= 15 is 0 Å². The highest BCUT2D eigenvalue weighted by atomic mass is 32.2. The minimum absolute atomic E-state index is 0.375. The number of aliphatic hydroxyl groups excluding tert-OH is 1. The summed E-state index contributed by atoms with van der Waals surface area (Å²) in [5.74, 6) is 0.732. The van der Waals surface area contributed by atoms with E-state index in [1.54, 1.807) is 18.0 Å². The van der Waals surface area contributed by atoms with Gasteiger partial charge in [-0.25, -0.2) is 0 Å². The summed E-state index contributed by atoms with van der Waals surface area (Å²) in [4.78, 5) is 0. The van der Waals surface area contributed by atoms with Crippen molar-refractivity contribution in [1.82, 2.24) is 9.78 Å². The fourth-order valence-electron chi connectivity index (χ4n) is 0.979. The third kappa shape index (κ3) is 2.25. The van der Waals surface area contributed by atoms with Crippen LogP contribution in [0.3, 0.4) is 0 Å². The smallest absolute Gasteiger partial charge is 0.0910 e. The van der Waals surface area contributed by atoms with Gasteiger partial charge in [0.2, 0.25) is 0 Å². The summed E-state index contributed by atoms with van der Waals surface area (Å²) in [6.45, 7) is 2.88. The molecular weight excluding hydrogens is 172 g/mol. The van der Waals surface area contributed by atoms with Gasteiger partial charge in [-0.15, -0.1) is 0 Å². The summed E-state index contributed by atoms with van der Waals surface area (Å²) in [7, 11) is 0. The second kappa shape index (κ2) is 4.52. The number of hydrogen-bond acceptors (Lipinski definition) is 3. The average molecular weight is 186 g/mol. The van der Waals surface area contributed by atoms with Gasteiger partial charge in [0, 0.05) is 24.1 Å². The van der Waals surface area contributed by atoms with Crippen molar-refractivity contribution < 1.29 is 5.11 Å². The fraction of sp³-hybridized carbons (Fsp3) is 0.625. The third-order valence-electron chi connectivity index (χ3n) is 1.69. The Bertz CT molecular complexity index is 237. The van der Waals surface area contributed by atoms with E-state index in [9.17, 15) is 5.11 Å². The highest BCUT2D eigenvalue weighted by Crippen LogP contribution is 2.15. The lowest BCUT2D eigenvalue weighted by Gasteiger charge is -2.04. The Kier molecular flexibility index (Phi) is 3.62. The van der Waals surface area contributed by atoms with Gasteiger partial charge in [-0.3, -0.25) is 4.68 Å². The number of thioether (sulfide) groups is 1. The maximum Gasteiger partial charge on any atom is 0.0910 e. The molecule has 1 unspecified atom stereocenters. The summed E-state index contributed by atoms with van der Waals surface area (Å²) in [6, 6.07) is 0. The molecule has 1 N–H and O–H groups in total. The maximum absolute atomic E-state index is 9.56. The van der Waals surface area contributed by atoms with E-state index in [0.717, 1.165) is 17.9 Å². The van der Waals surface area contributed by atoms with Gasteiger partial charge in [-0.1, -0.05) is 0 Å². The zero-order chi connectivity index (χ0) is 8.97. The van der Waals surface area contributed by atoms with Crippen LogP contribution in [0.4, 0.5) is 0 Å². The zero-order valence-electron chi connectivity index (χ0n) is 7.40. The van der Waals surface area contributed by atoms with Crippen LogP contribution in [0.15, 0.2) is 12.4 Å². The van der Waals surface area contributed by atoms with Crippen molar-refractivity contribution in [2.75, 3.05) is 12.0 Å². The molecule has 0 aromatic carbocycles. The number of hydrogen-bond donors (Lipinski definition) is 1. The van der Waals surface area contributed by atoms with Crippen molar-refractivity contribution in [3.63, 3.8) is 0 Å². The second-order valence-corrected chi connectivity index (χ2v) is 3.51. The normalized spacial score (nSPS) is 13.2. The average Bonchev–Trinajstić information content (AvgIpc) is 2.52.